The molecule has 0 bridgehead atoms. The number of rotatable bonds is 5. The summed E-state index contributed by atoms with van der Waals surface area (Å²) in [6.45, 7) is 1.40. The number of hydrogen-bond donors (Lipinski definition) is 2. The van der Waals surface area contributed by atoms with Gasteiger partial charge in [0.15, 0.2) is 0 Å². The van der Waals surface area contributed by atoms with E-state index in [2.05, 4.69) is 15.3 Å². The topological polar surface area (TPSA) is 95.4 Å². The molecule has 17 heavy (non-hydrogen) atoms. The number of hydrogen-bond acceptors (Lipinski definition) is 5. The number of carbonyl (C=O) groups excluding carboxylic acids is 1. The molecule has 1 unspecified atom stereocenters. The number of aliphatic carboxylic acids is 1. The van der Waals surface area contributed by atoms with Gasteiger partial charge in [-0.05, 0) is 13.0 Å². The Kier molecular flexibility index (Phi) is 4.38. The third-order valence-electron chi connectivity index (χ3n) is 2.02. The maximum Gasteiger partial charge on any atom is 0.325 e. The molecule has 0 saturated carbocycles. The Labute approximate surface area is 98.5 Å². The van der Waals surface area contributed by atoms with Crippen molar-refractivity contribution in [1.29, 1.82) is 0 Å². The van der Waals surface area contributed by atoms with Crippen molar-refractivity contribution in [3.05, 3.63) is 18.5 Å². The summed E-state index contributed by atoms with van der Waals surface area (Å²) < 4.78 is 0. The smallest absolute Gasteiger partial charge is 0.325 e. The van der Waals surface area contributed by atoms with Crippen LogP contribution in [0.1, 0.15) is 6.92 Å². The minimum absolute atomic E-state index is 0.00162. The molecule has 1 heterocycles. The lowest BCUT2D eigenvalue weighted by atomic mass is 10.3. The van der Waals surface area contributed by atoms with Gasteiger partial charge in [0.2, 0.25) is 11.9 Å². The Morgan fingerprint density at radius 2 is 2.06 bits per heavy atom. The number of carboxylic acids is 1. The molecule has 0 spiro atoms. The number of nitrogens with zero attached hydrogens (tertiary/aromatic N) is 3. The highest BCUT2D eigenvalue weighted by molar-refractivity contribution is 5.85. The van der Waals surface area contributed by atoms with Gasteiger partial charge in [-0.1, -0.05) is 0 Å². The molecular formula is C10H14N4O3. The van der Waals surface area contributed by atoms with Crippen LogP contribution in [0.5, 0.6) is 0 Å². The molecule has 1 amide bonds. The van der Waals surface area contributed by atoms with Crippen LogP contribution in [0.3, 0.4) is 0 Å². The van der Waals surface area contributed by atoms with Crippen molar-refractivity contribution in [1.82, 2.24) is 15.3 Å². The zero-order valence-electron chi connectivity index (χ0n) is 9.62. The Morgan fingerprint density at radius 1 is 1.47 bits per heavy atom. The van der Waals surface area contributed by atoms with E-state index >= 15 is 0 Å². The van der Waals surface area contributed by atoms with E-state index in [1.807, 2.05) is 0 Å². The summed E-state index contributed by atoms with van der Waals surface area (Å²) >= 11 is 0. The van der Waals surface area contributed by atoms with E-state index in [1.54, 1.807) is 25.5 Å². The highest BCUT2D eigenvalue weighted by atomic mass is 16.4. The Balaban J connectivity index is 2.49. The molecule has 92 valence electrons. The van der Waals surface area contributed by atoms with E-state index in [0.717, 1.165) is 0 Å². The first-order valence-electron chi connectivity index (χ1n) is 5.01. The fraction of sp³-hybridized carbons (Fsp3) is 0.400. The van der Waals surface area contributed by atoms with E-state index in [-0.39, 0.29) is 6.54 Å². The van der Waals surface area contributed by atoms with Crippen LogP contribution in [-0.4, -0.2) is 46.6 Å². The first-order valence-corrected chi connectivity index (χ1v) is 5.01. The second-order valence-electron chi connectivity index (χ2n) is 3.53. The Hall–Kier alpha value is -2.18. The largest absolute Gasteiger partial charge is 0.480 e. The predicted octanol–water partition coefficient (Wildman–Crippen LogP) is -0.498. The summed E-state index contributed by atoms with van der Waals surface area (Å²) in [6, 6.07) is 0.761. The first kappa shape index (κ1) is 12.9. The van der Waals surface area contributed by atoms with Crippen LogP contribution in [0, 0.1) is 0 Å². The van der Waals surface area contributed by atoms with E-state index in [1.165, 1.54) is 11.8 Å². The number of likely N-dealkylation sites (N-methyl/N-ethyl adjacent to an activating group) is 1. The van der Waals surface area contributed by atoms with Crippen molar-refractivity contribution in [3.63, 3.8) is 0 Å². The van der Waals surface area contributed by atoms with Gasteiger partial charge in [-0.3, -0.25) is 9.59 Å². The van der Waals surface area contributed by atoms with Crippen LogP contribution in [0.25, 0.3) is 0 Å². The number of nitrogens with one attached hydrogen (secondary N) is 1. The first-order chi connectivity index (χ1) is 8.00. The van der Waals surface area contributed by atoms with Crippen LogP contribution in [-0.2, 0) is 9.59 Å². The lowest BCUT2D eigenvalue weighted by molar-refractivity contribution is -0.141. The van der Waals surface area contributed by atoms with E-state index in [4.69, 9.17) is 5.11 Å². The van der Waals surface area contributed by atoms with Crippen LogP contribution in [0.4, 0.5) is 5.95 Å². The van der Waals surface area contributed by atoms with Crippen molar-refractivity contribution < 1.29 is 14.7 Å². The molecule has 0 radical (unpaired) electrons. The second-order valence-corrected chi connectivity index (χ2v) is 3.53. The molecule has 0 fully saturated rings. The molecule has 0 aliphatic rings. The molecule has 0 aromatic carbocycles. The van der Waals surface area contributed by atoms with Gasteiger partial charge in [-0.15, -0.1) is 0 Å². The van der Waals surface area contributed by atoms with Gasteiger partial charge in [-0.2, -0.15) is 0 Å². The lowest BCUT2D eigenvalue weighted by Gasteiger charge is -2.17. The summed E-state index contributed by atoms with van der Waals surface area (Å²) in [5.74, 6) is -1.06. The quantitative estimate of drug-likeness (QED) is 0.718. The predicted molar refractivity (Wildman–Crippen MR) is 60.5 cm³/mol. The molecule has 1 aromatic heterocycles. The Bertz CT molecular complexity index is 396. The zero-order valence-corrected chi connectivity index (χ0v) is 9.62. The highest BCUT2D eigenvalue weighted by Crippen LogP contribution is 2.00. The lowest BCUT2D eigenvalue weighted by Crippen LogP contribution is -2.43. The molecule has 7 heteroatoms. The number of amides is 1. The standard InChI is InChI=1S/C10H14N4O3/c1-7(9(16)17)13-8(15)6-14(2)10-11-4-3-5-12-10/h3-5,7H,6H2,1-2H3,(H,13,15)(H,16,17). The molecule has 7 nitrogen and oxygen atoms in total. The molecular weight excluding hydrogens is 224 g/mol. The van der Waals surface area contributed by atoms with Gasteiger partial charge in [0, 0.05) is 19.4 Å². The van der Waals surface area contributed by atoms with Crippen molar-refractivity contribution in [2.45, 2.75) is 13.0 Å². The number of aromatic nitrogens is 2. The fourth-order valence-corrected chi connectivity index (χ4v) is 1.12. The summed E-state index contributed by atoms with van der Waals surface area (Å²) in [7, 11) is 1.65. The molecule has 2 N–H and O–H groups in total. The maximum absolute atomic E-state index is 11.5. The number of carboxylic acid groups (broad SMARTS) is 1. The van der Waals surface area contributed by atoms with Crippen LogP contribution < -0.4 is 10.2 Å². The van der Waals surface area contributed by atoms with Gasteiger partial charge in [-0.25, -0.2) is 9.97 Å². The van der Waals surface area contributed by atoms with Gasteiger partial charge >= 0.3 is 5.97 Å². The third-order valence-corrected chi connectivity index (χ3v) is 2.02. The summed E-state index contributed by atoms with van der Waals surface area (Å²) in [4.78, 5) is 31.5. The highest BCUT2D eigenvalue weighted by Gasteiger charge is 2.15. The molecule has 1 atom stereocenters. The van der Waals surface area contributed by atoms with Crippen molar-refractivity contribution in [3.8, 4) is 0 Å². The molecule has 0 aliphatic heterocycles. The van der Waals surface area contributed by atoms with E-state index in [9.17, 15) is 9.59 Å². The van der Waals surface area contributed by atoms with E-state index in [0.29, 0.717) is 5.95 Å². The number of anilines is 1. The normalized spacial score (nSPS) is 11.6. The van der Waals surface area contributed by atoms with Crippen LogP contribution >= 0.6 is 0 Å². The van der Waals surface area contributed by atoms with Crippen molar-refractivity contribution in [2.24, 2.45) is 0 Å². The zero-order chi connectivity index (χ0) is 12.8. The SMILES string of the molecule is CC(NC(=O)CN(C)c1ncccn1)C(=O)O. The maximum atomic E-state index is 11.5. The van der Waals surface area contributed by atoms with Crippen molar-refractivity contribution in [2.75, 3.05) is 18.5 Å². The molecule has 0 saturated heterocycles. The fourth-order valence-electron chi connectivity index (χ4n) is 1.12. The number of carbonyl (C=O) groups is 2. The van der Waals surface area contributed by atoms with E-state index < -0.39 is 17.9 Å². The minimum Gasteiger partial charge on any atom is -0.480 e. The van der Waals surface area contributed by atoms with Crippen LogP contribution in [0.15, 0.2) is 18.5 Å². The van der Waals surface area contributed by atoms with Gasteiger partial charge in [0.25, 0.3) is 0 Å². The third kappa shape index (κ3) is 4.06. The average Bonchev–Trinajstić information content (AvgIpc) is 2.29. The molecule has 0 aliphatic carbocycles. The second kappa shape index (κ2) is 5.78. The monoisotopic (exact) mass is 238 g/mol. The van der Waals surface area contributed by atoms with Gasteiger partial charge in [0.05, 0.1) is 6.54 Å². The summed E-state index contributed by atoms with van der Waals surface area (Å²) in [6.07, 6.45) is 3.13. The molecule has 1 rings (SSSR count). The van der Waals surface area contributed by atoms with Gasteiger partial charge < -0.3 is 15.3 Å². The summed E-state index contributed by atoms with van der Waals surface area (Å²) in [5.41, 5.74) is 0. The molecule has 1 aromatic rings. The van der Waals surface area contributed by atoms with Crippen LogP contribution in [0.2, 0.25) is 0 Å². The van der Waals surface area contributed by atoms with Crippen molar-refractivity contribution >= 4 is 17.8 Å². The minimum atomic E-state index is -1.07. The summed E-state index contributed by atoms with van der Waals surface area (Å²) in [5, 5.41) is 11.0. The Morgan fingerprint density at radius 3 is 2.59 bits per heavy atom. The average molecular weight is 238 g/mol. The van der Waals surface area contributed by atoms with Gasteiger partial charge in [0.1, 0.15) is 6.04 Å².